The van der Waals surface area contributed by atoms with Crippen molar-refractivity contribution in [1.82, 2.24) is 4.57 Å². The minimum atomic E-state index is -0.690. The molecule has 198 valence electrons. The summed E-state index contributed by atoms with van der Waals surface area (Å²) in [7, 11) is 4.71. The first-order valence-electron chi connectivity index (χ1n) is 12.2. The summed E-state index contributed by atoms with van der Waals surface area (Å²) >= 11 is 1.26. The van der Waals surface area contributed by atoms with Crippen LogP contribution in [0.5, 0.6) is 17.2 Å². The van der Waals surface area contributed by atoms with Gasteiger partial charge in [0, 0.05) is 11.3 Å². The van der Waals surface area contributed by atoms with Crippen LogP contribution in [-0.4, -0.2) is 31.8 Å². The molecule has 1 atom stereocenters. The number of nitrogens with one attached hydrogen (secondary N) is 1. The van der Waals surface area contributed by atoms with Gasteiger partial charge in [-0.2, -0.15) is 0 Å². The Morgan fingerprint density at radius 3 is 2.36 bits per heavy atom. The minimum absolute atomic E-state index is 0.262. The van der Waals surface area contributed by atoms with E-state index in [1.165, 1.54) is 11.3 Å². The monoisotopic (exact) mass is 541 g/mol. The molecule has 1 aliphatic heterocycles. The first-order chi connectivity index (χ1) is 18.9. The fraction of sp³-hybridized carbons (Fsp3) is 0.167. The van der Waals surface area contributed by atoms with Crippen molar-refractivity contribution in [2.45, 2.75) is 13.0 Å². The second kappa shape index (κ2) is 11.0. The average Bonchev–Trinajstić information content (AvgIpc) is 3.26. The van der Waals surface area contributed by atoms with E-state index in [2.05, 4.69) is 5.32 Å². The second-order valence-corrected chi connectivity index (χ2v) is 9.77. The molecule has 39 heavy (non-hydrogen) atoms. The van der Waals surface area contributed by atoms with Crippen LogP contribution in [0.1, 0.15) is 24.1 Å². The van der Waals surface area contributed by atoms with Crippen molar-refractivity contribution in [2.24, 2.45) is 4.99 Å². The molecule has 5 rings (SSSR count). The van der Waals surface area contributed by atoms with Crippen molar-refractivity contribution in [3.05, 3.63) is 115 Å². The lowest BCUT2D eigenvalue weighted by Gasteiger charge is -2.25. The van der Waals surface area contributed by atoms with E-state index in [4.69, 9.17) is 19.2 Å². The number of ether oxygens (including phenoxy) is 3. The van der Waals surface area contributed by atoms with Gasteiger partial charge in [0.2, 0.25) is 0 Å². The Morgan fingerprint density at radius 1 is 0.949 bits per heavy atom. The topological polar surface area (TPSA) is 91.2 Å². The minimum Gasteiger partial charge on any atom is -0.497 e. The van der Waals surface area contributed by atoms with Gasteiger partial charge in [0.1, 0.15) is 5.75 Å². The third-order valence-electron chi connectivity index (χ3n) is 6.45. The quantitative estimate of drug-likeness (QED) is 0.383. The van der Waals surface area contributed by atoms with Gasteiger partial charge in [0.15, 0.2) is 16.3 Å². The van der Waals surface area contributed by atoms with Gasteiger partial charge in [0.05, 0.1) is 43.2 Å². The lowest BCUT2D eigenvalue weighted by molar-refractivity contribution is -0.113. The third kappa shape index (κ3) is 4.96. The van der Waals surface area contributed by atoms with Crippen molar-refractivity contribution >= 4 is 29.0 Å². The number of anilines is 1. The third-order valence-corrected chi connectivity index (χ3v) is 7.43. The highest BCUT2D eigenvalue weighted by atomic mass is 32.1. The predicted molar refractivity (Wildman–Crippen MR) is 151 cm³/mol. The Labute approximate surface area is 229 Å². The molecule has 0 saturated heterocycles. The van der Waals surface area contributed by atoms with Crippen molar-refractivity contribution in [1.29, 1.82) is 0 Å². The van der Waals surface area contributed by atoms with E-state index in [1.807, 2.05) is 66.7 Å². The molecular weight excluding hydrogens is 514 g/mol. The molecule has 0 saturated carbocycles. The van der Waals surface area contributed by atoms with E-state index in [0.29, 0.717) is 49.1 Å². The summed E-state index contributed by atoms with van der Waals surface area (Å²) in [5.41, 5.74) is 2.77. The summed E-state index contributed by atoms with van der Waals surface area (Å²) in [6, 6.07) is 21.3. The lowest BCUT2D eigenvalue weighted by atomic mass is 9.95. The molecule has 0 radical (unpaired) electrons. The van der Waals surface area contributed by atoms with Gasteiger partial charge in [-0.1, -0.05) is 53.8 Å². The van der Waals surface area contributed by atoms with Crippen LogP contribution in [0.25, 0.3) is 6.08 Å². The molecule has 2 heterocycles. The number of carbonyl (C=O) groups excluding carboxylic acids is 1. The van der Waals surface area contributed by atoms with Gasteiger partial charge >= 0.3 is 0 Å². The lowest BCUT2D eigenvalue weighted by Crippen LogP contribution is -2.40. The second-order valence-electron chi connectivity index (χ2n) is 8.76. The largest absolute Gasteiger partial charge is 0.497 e. The molecular formula is C30H27N3O5S. The highest BCUT2D eigenvalue weighted by Crippen LogP contribution is 2.33. The van der Waals surface area contributed by atoms with Crippen molar-refractivity contribution in [2.75, 3.05) is 26.6 Å². The maximum atomic E-state index is 13.9. The van der Waals surface area contributed by atoms with Gasteiger partial charge in [0.25, 0.3) is 11.5 Å². The highest BCUT2D eigenvalue weighted by molar-refractivity contribution is 7.07. The number of hydrogen-bond donors (Lipinski definition) is 1. The molecule has 8 nitrogen and oxygen atoms in total. The van der Waals surface area contributed by atoms with Gasteiger partial charge in [-0.3, -0.25) is 14.2 Å². The van der Waals surface area contributed by atoms with E-state index in [9.17, 15) is 9.59 Å². The number of methoxy groups -OCH3 is 3. The Balaban J connectivity index is 1.69. The molecule has 0 unspecified atom stereocenters. The predicted octanol–water partition coefficient (Wildman–Crippen LogP) is 3.90. The zero-order valence-corrected chi connectivity index (χ0v) is 22.7. The molecule has 0 fully saturated rings. The van der Waals surface area contributed by atoms with Crippen LogP contribution < -0.4 is 34.4 Å². The number of fused-ring (bicyclic) bond motifs is 1. The van der Waals surface area contributed by atoms with E-state index >= 15 is 0 Å². The van der Waals surface area contributed by atoms with Crippen molar-refractivity contribution < 1.29 is 19.0 Å². The molecule has 1 amide bonds. The summed E-state index contributed by atoms with van der Waals surface area (Å²) in [6.07, 6.45) is 1.76. The Hall–Kier alpha value is -4.63. The number of amides is 1. The first-order valence-corrected chi connectivity index (χ1v) is 13.0. The number of rotatable bonds is 7. The van der Waals surface area contributed by atoms with Crippen LogP contribution in [-0.2, 0) is 4.79 Å². The molecule has 1 aromatic heterocycles. The zero-order chi connectivity index (χ0) is 27.5. The normalized spacial score (nSPS) is 14.9. The summed E-state index contributed by atoms with van der Waals surface area (Å²) in [4.78, 5) is 32.8. The van der Waals surface area contributed by atoms with E-state index in [0.717, 1.165) is 5.56 Å². The molecule has 3 aromatic carbocycles. The number of thiazole rings is 1. The highest BCUT2D eigenvalue weighted by Gasteiger charge is 2.32. The number of aromatic nitrogens is 1. The Morgan fingerprint density at radius 2 is 1.69 bits per heavy atom. The Kier molecular flexibility index (Phi) is 7.33. The average molecular weight is 542 g/mol. The van der Waals surface area contributed by atoms with E-state index in [-0.39, 0.29) is 11.5 Å². The number of benzene rings is 3. The van der Waals surface area contributed by atoms with Crippen molar-refractivity contribution in [3.63, 3.8) is 0 Å². The Bertz CT molecular complexity index is 1740. The number of para-hydroxylation sites is 2. The van der Waals surface area contributed by atoms with Crippen molar-refractivity contribution in [3.8, 4) is 17.2 Å². The van der Waals surface area contributed by atoms with Crippen LogP contribution in [0.15, 0.2) is 93.9 Å². The standard InChI is InChI=1S/C30H27N3O5S/c1-18-25(28(34)32-21-10-6-5-7-11-21)26(19-13-15-22(36-2)16-14-19)33-29(35)24(39-30(33)31-18)17-20-9-8-12-23(37-3)27(20)38-4/h5-17,26H,1-4H3,(H,32,34)/b24-17+/t26-/m1/s1. The molecule has 0 aliphatic carbocycles. The summed E-state index contributed by atoms with van der Waals surface area (Å²) in [5, 5.41) is 2.96. The molecule has 4 aromatic rings. The van der Waals surface area contributed by atoms with Crippen LogP contribution >= 0.6 is 11.3 Å². The smallest absolute Gasteiger partial charge is 0.271 e. The molecule has 0 spiro atoms. The summed E-state index contributed by atoms with van der Waals surface area (Å²) in [5.74, 6) is 1.43. The zero-order valence-electron chi connectivity index (χ0n) is 21.9. The SMILES string of the molecule is COc1ccc([C@@H]2C(C(=O)Nc3ccccc3)=C(C)N=c3s/c(=C/c4cccc(OC)c4OC)c(=O)n32)cc1. The maximum absolute atomic E-state index is 13.9. The summed E-state index contributed by atoms with van der Waals surface area (Å²) in [6.45, 7) is 1.79. The molecule has 9 heteroatoms. The van der Waals surface area contributed by atoms with E-state index in [1.54, 1.807) is 45.0 Å². The fourth-order valence-corrected chi connectivity index (χ4v) is 5.64. The molecule has 1 N–H and O–H groups in total. The van der Waals surface area contributed by atoms with Crippen LogP contribution in [0.3, 0.4) is 0 Å². The number of hydrogen-bond acceptors (Lipinski definition) is 7. The van der Waals surface area contributed by atoms with Crippen LogP contribution in [0, 0.1) is 0 Å². The van der Waals surface area contributed by atoms with Gasteiger partial charge in [-0.05, 0) is 48.9 Å². The number of carbonyl (C=O) groups is 1. The first kappa shape index (κ1) is 26.0. The van der Waals surface area contributed by atoms with Gasteiger partial charge in [-0.15, -0.1) is 0 Å². The van der Waals surface area contributed by atoms with E-state index < -0.39 is 6.04 Å². The fourth-order valence-electron chi connectivity index (χ4n) is 4.60. The maximum Gasteiger partial charge on any atom is 0.271 e. The molecule has 1 aliphatic rings. The van der Waals surface area contributed by atoms with Crippen LogP contribution in [0.2, 0.25) is 0 Å². The van der Waals surface area contributed by atoms with Crippen LogP contribution in [0.4, 0.5) is 5.69 Å². The summed E-state index contributed by atoms with van der Waals surface area (Å²) < 4.78 is 18.3. The van der Waals surface area contributed by atoms with Gasteiger partial charge in [-0.25, -0.2) is 4.99 Å². The van der Waals surface area contributed by atoms with Gasteiger partial charge < -0.3 is 19.5 Å². The molecule has 0 bridgehead atoms. The number of allylic oxidation sites excluding steroid dienone is 1. The number of nitrogens with zero attached hydrogens (tertiary/aromatic N) is 2.